The predicted octanol–water partition coefficient (Wildman–Crippen LogP) is 1.21. The van der Waals surface area contributed by atoms with Crippen LogP contribution in [0.2, 0.25) is 0 Å². The topological polar surface area (TPSA) is 119 Å². The van der Waals surface area contributed by atoms with Crippen LogP contribution in [-0.4, -0.2) is 47.3 Å². The Labute approximate surface area is 167 Å². The predicted molar refractivity (Wildman–Crippen MR) is 107 cm³/mol. The van der Waals surface area contributed by atoms with Gasteiger partial charge in [-0.05, 0) is 43.4 Å². The second kappa shape index (κ2) is 7.85. The van der Waals surface area contributed by atoms with Crippen molar-refractivity contribution in [1.82, 2.24) is 10.2 Å². The summed E-state index contributed by atoms with van der Waals surface area (Å²) in [5.41, 5.74) is 13.1. The number of primary amides is 1. The third-order valence-corrected chi connectivity index (χ3v) is 6.11. The van der Waals surface area contributed by atoms with E-state index in [-0.39, 0.29) is 23.3 Å². The van der Waals surface area contributed by atoms with Gasteiger partial charge in [-0.15, -0.1) is 0 Å². The fourth-order valence-corrected chi connectivity index (χ4v) is 3.98. The second-order valence-corrected chi connectivity index (χ2v) is 9.66. The van der Waals surface area contributed by atoms with Gasteiger partial charge in [0.25, 0.3) is 0 Å². The van der Waals surface area contributed by atoms with Crippen molar-refractivity contribution in [2.75, 3.05) is 6.54 Å². The van der Waals surface area contributed by atoms with Crippen LogP contribution >= 0.6 is 0 Å². The van der Waals surface area contributed by atoms with Gasteiger partial charge in [0.1, 0.15) is 6.04 Å². The van der Waals surface area contributed by atoms with Gasteiger partial charge in [0.05, 0.1) is 12.1 Å². The van der Waals surface area contributed by atoms with Crippen LogP contribution in [0.4, 0.5) is 0 Å². The number of nitrogens with two attached hydrogens (primary N) is 2. The van der Waals surface area contributed by atoms with Crippen LogP contribution in [0.3, 0.4) is 0 Å². The van der Waals surface area contributed by atoms with Crippen molar-refractivity contribution in [3.63, 3.8) is 0 Å². The molecular weight excluding hydrogens is 356 g/mol. The molecule has 3 amide bonds. The molecule has 0 aromatic rings. The number of amides is 3. The van der Waals surface area contributed by atoms with Gasteiger partial charge in [0, 0.05) is 12.1 Å². The van der Waals surface area contributed by atoms with Crippen LogP contribution in [-0.2, 0) is 14.4 Å². The molecule has 2 saturated carbocycles. The Morgan fingerprint density at radius 1 is 1.18 bits per heavy atom. The summed E-state index contributed by atoms with van der Waals surface area (Å²) in [4.78, 5) is 39.6. The summed E-state index contributed by atoms with van der Waals surface area (Å²) in [6.07, 6.45) is 6.15. The Bertz CT molecular complexity index is 684. The van der Waals surface area contributed by atoms with Crippen molar-refractivity contribution in [2.24, 2.45) is 22.8 Å². The number of hydrogen-bond donors (Lipinski definition) is 3. The second-order valence-electron chi connectivity index (χ2n) is 9.66. The van der Waals surface area contributed by atoms with E-state index >= 15 is 0 Å². The van der Waals surface area contributed by atoms with Gasteiger partial charge in [-0.1, -0.05) is 39.2 Å². The highest BCUT2D eigenvalue weighted by atomic mass is 16.2. The van der Waals surface area contributed by atoms with Crippen LogP contribution in [0.15, 0.2) is 11.1 Å². The van der Waals surface area contributed by atoms with Crippen molar-refractivity contribution in [3.05, 3.63) is 11.1 Å². The zero-order valence-electron chi connectivity index (χ0n) is 17.3. The molecule has 7 nitrogen and oxygen atoms in total. The molecule has 3 atom stereocenters. The lowest BCUT2D eigenvalue weighted by Gasteiger charge is -2.33. The van der Waals surface area contributed by atoms with Gasteiger partial charge in [-0.25, -0.2) is 0 Å². The number of carbonyl (C=O) groups is 3. The molecule has 0 radical (unpaired) electrons. The third-order valence-electron chi connectivity index (χ3n) is 6.11. The minimum absolute atomic E-state index is 0.181. The maximum Gasteiger partial charge on any atom is 0.246 e. The van der Waals surface area contributed by atoms with E-state index in [4.69, 9.17) is 11.5 Å². The van der Waals surface area contributed by atoms with E-state index < -0.39 is 18.0 Å². The minimum Gasteiger partial charge on any atom is -0.366 e. The van der Waals surface area contributed by atoms with Crippen LogP contribution in [0, 0.1) is 11.3 Å². The number of likely N-dealkylation sites (tertiary alicyclic amines) is 1. The van der Waals surface area contributed by atoms with Crippen LogP contribution < -0.4 is 16.8 Å². The Hall–Kier alpha value is -1.89. The van der Waals surface area contributed by atoms with Gasteiger partial charge in [-0.2, -0.15) is 0 Å². The lowest BCUT2D eigenvalue weighted by Crippen LogP contribution is -2.56. The van der Waals surface area contributed by atoms with Gasteiger partial charge >= 0.3 is 0 Å². The van der Waals surface area contributed by atoms with Crippen molar-refractivity contribution in [3.8, 4) is 0 Å². The fraction of sp³-hybridized carbons (Fsp3) is 0.762. The van der Waals surface area contributed by atoms with Gasteiger partial charge < -0.3 is 21.7 Å². The molecule has 0 bridgehead atoms. The van der Waals surface area contributed by atoms with Crippen molar-refractivity contribution >= 4 is 17.7 Å². The molecule has 3 rings (SSSR count). The molecule has 1 aliphatic heterocycles. The minimum atomic E-state index is -0.655. The van der Waals surface area contributed by atoms with Crippen LogP contribution in [0.5, 0.6) is 0 Å². The Balaban J connectivity index is 1.73. The average molecular weight is 391 g/mol. The molecule has 3 aliphatic rings. The quantitative estimate of drug-likeness (QED) is 0.566. The molecule has 0 aromatic heterocycles. The molecule has 7 heteroatoms. The van der Waals surface area contributed by atoms with E-state index in [1.807, 2.05) is 20.8 Å². The van der Waals surface area contributed by atoms with Crippen molar-refractivity contribution < 1.29 is 14.4 Å². The monoisotopic (exact) mass is 390 g/mol. The van der Waals surface area contributed by atoms with E-state index in [1.165, 1.54) is 0 Å². The zero-order chi connectivity index (χ0) is 20.6. The van der Waals surface area contributed by atoms with E-state index in [0.717, 1.165) is 44.1 Å². The highest BCUT2D eigenvalue weighted by Gasteiger charge is 2.41. The molecule has 1 unspecified atom stereocenters. The SMILES string of the molecule is CC(C)(C)[C@H](N)C(=O)N1CCC[C@H]1C(=O)NC(CC1CC1)C(C(N)=O)=C1CC1. The zero-order valence-corrected chi connectivity index (χ0v) is 17.3. The van der Waals surface area contributed by atoms with E-state index in [2.05, 4.69) is 5.32 Å². The maximum absolute atomic E-state index is 13.1. The highest BCUT2D eigenvalue weighted by molar-refractivity contribution is 5.96. The molecule has 0 aromatic carbocycles. The summed E-state index contributed by atoms with van der Waals surface area (Å²) in [6.45, 7) is 6.31. The number of rotatable bonds is 7. The lowest BCUT2D eigenvalue weighted by molar-refractivity contribution is -0.141. The highest BCUT2D eigenvalue weighted by Crippen LogP contribution is 2.39. The summed E-state index contributed by atoms with van der Waals surface area (Å²) < 4.78 is 0. The van der Waals surface area contributed by atoms with Crippen molar-refractivity contribution in [1.29, 1.82) is 0 Å². The number of nitrogens with one attached hydrogen (secondary N) is 1. The lowest BCUT2D eigenvalue weighted by atomic mass is 9.86. The number of allylic oxidation sites excluding steroid dienone is 1. The summed E-state index contributed by atoms with van der Waals surface area (Å²) in [7, 11) is 0. The fourth-order valence-electron chi connectivity index (χ4n) is 3.98. The third kappa shape index (κ3) is 4.74. The average Bonchev–Trinajstić information content (AvgIpc) is 3.53. The largest absolute Gasteiger partial charge is 0.366 e. The number of carbonyl (C=O) groups excluding carboxylic acids is 3. The standard InChI is InChI=1S/C21H34N4O3/c1-21(2,3)17(22)20(28)25-10-4-5-15(25)19(27)24-14(11-12-6-7-12)16(18(23)26)13-8-9-13/h12,14-15,17H,4-11,22H2,1-3H3,(H2,23,26)(H,24,27)/t14?,15-,17+/m0/s1. The van der Waals surface area contributed by atoms with Crippen LogP contribution in [0.25, 0.3) is 0 Å². The Kier molecular flexibility index (Phi) is 5.84. The Morgan fingerprint density at radius 2 is 1.82 bits per heavy atom. The molecule has 1 saturated heterocycles. The molecule has 2 aliphatic carbocycles. The first kappa shape index (κ1) is 20.8. The van der Waals surface area contributed by atoms with Gasteiger partial charge in [0.15, 0.2) is 0 Å². The number of nitrogens with zero attached hydrogens (tertiary/aromatic N) is 1. The van der Waals surface area contributed by atoms with E-state index in [1.54, 1.807) is 4.90 Å². The normalized spacial score (nSPS) is 23.9. The molecule has 3 fully saturated rings. The van der Waals surface area contributed by atoms with Gasteiger partial charge in [0.2, 0.25) is 17.7 Å². The maximum atomic E-state index is 13.1. The summed E-state index contributed by atoms with van der Waals surface area (Å²) in [5.74, 6) is -0.278. The van der Waals surface area contributed by atoms with Gasteiger partial charge in [-0.3, -0.25) is 14.4 Å². The first-order chi connectivity index (χ1) is 13.1. The molecular formula is C21H34N4O3. The number of hydrogen-bond acceptors (Lipinski definition) is 4. The Morgan fingerprint density at radius 3 is 2.32 bits per heavy atom. The van der Waals surface area contributed by atoms with E-state index in [9.17, 15) is 14.4 Å². The summed E-state index contributed by atoms with van der Waals surface area (Å²) in [5, 5.41) is 3.06. The molecule has 5 N–H and O–H groups in total. The van der Waals surface area contributed by atoms with Crippen LogP contribution in [0.1, 0.15) is 65.7 Å². The smallest absolute Gasteiger partial charge is 0.246 e. The molecule has 156 valence electrons. The first-order valence-corrected chi connectivity index (χ1v) is 10.5. The molecule has 0 spiro atoms. The summed E-state index contributed by atoms with van der Waals surface area (Å²) >= 11 is 0. The van der Waals surface area contributed by atoms with Crippen molar-refractivity contribution in [2.45, 2.75) is 83.8 Å². The summed E-state index contributed by atoms with van der Waals surface area (Å²) in [6, 6.07) is -1.53. The molecule has 28 heavy (non-hydrogen) atoms. The first-order valence-electron chi connectivity index (χ1n) is 10.5. The molecule has 1 heterocycles. The van der Waals surface area contributed by atoms with E-state index in [0.29, 0.717) is 24.5 Å².